The van der Waals surface area contributed by atoms with Crippen LogP contribution in [0.5, 0.6) is 0 Å². The van der Waals surface area contributed by atoms with Crippen LogP contribution in [0.15, 0.2) is 18.2 Å². The Morgan fingerprint density at radius 3 is 3.00 bits per heavy atom. The van der Waals surface area contributed by atoms with Crippen molar-refractivity contribution < 1.29 is 14.2 Å². The maximum absolute atomic E-state index is 13.4. The fraction of sp³-hybridized carbons (Fsp3) is 0.625. The number of ether oxygens (including phenoxy) is 1. The number of nitrogens with zero attached hydrogens (tertiary/aromatic N) is 1. The van der Waals surface area contributed by atoms with Gasteiger partial charge in [-0.1, -0.05) is 6.92 Å². The van der Waals surface area contributed by atoms with Gasteiger partial charge in [-0.25, -0.2) is 4.39 Å². The predicted octanol–water partition coefficient (Wildman–Crippen LogP) is 3.27. The number of halogens is 1. The summed E-state index contributed by atoms with van der Waals surface area (Å²) in [5, 5.41) is 9.84. The third-order valence-electron chi connectivity index (χ3n) is 3.72. The van der Waals surface area contributed by atoms with Crippen LogP contribution < -0.4 is 4.90 Å². The molecule has 3 nitrogen and oxygen atoms in total. The highest BCUT2D eigenvalue weighted by Crippen LogP contribution is 2.30. The van der Waals surface area contributed by atoms with Crippen LogP contribution in [0, 0.1) is 5.82 Å². The SMILES string of the molecule is CCCOC1CCCN(c2ccc(F)cc2[C@@H](C)O)C1. The summed E-state index contributed by atoms with van der Waals surface area (Å²) in [5.74, 6) is -0.305. The lowest BCUT2D eigenvalue weighted by Crippen LogP contribution is -2.40. The number of aliphatic hydroxyl groups is 1. The average molecular weight is 281 g/mol. The van der Waals surface area contributed by atoms with Gasteiger partial charge in [-0.05, 0) is 44.4 Å². The number of benzene rings is 1. The van der Waals surface area contributed by atoms with Gasteiger partial charge in [-0.2, -0.15) is 0 Å². The van der Waals surface area contributed by atoms with Crippen molar-refractivity contribution in [2.75, 3.05) is 24.6 Å². The fourth-order valence-electron chi connectivity index (χ4n) is 2.73. The molecule has 2 rings (SSSR count). The van der Waals surface area contributed by atoms with Crippen LogP contribution in [0.4, 0.5) is 10.1 Å². The van der Waals surface area contributed by atoms with Gasteiger partial charge in [-0.15, -0.1) is 0 Å². The maximum Gasteiger partial charge on any atom is 0.123 e. The molecule has 0 spiro atoms. The standard InChI is InChI=1S/C16H24FNO2/c1-3-9-20-14-5-4-8-18(11-14)16-7-6-13(17)10-15(16)12(2)19/h6-7,10,12,14,19H,3-5,8-9,11H2,1-2H3/t12-,14?/m1/s1. The van der Waals surface area contributed by atoms with E-state index in [1.165, 1.54) is 12.1 Å². The molecule has 20 heavy (non-hydrogen) atoms. The van der Waals surface area contributed by atoms with E-state index in [2.05, 4.69) is 11.8 Å². The molecule has 0 radical (unpaired) electrons. The van der Waals surface area contributed by atoms with Crippen LogP contribution in [-0.2, 0) is 4.74 Å². The van der Waals surface area contributed by atoms with Crippen molar-refractivity contribution in [3.63, 3.8) is 0 Å². The molecule has 1 N–H and O–H groups in total. The summed E-state index contributed by atoms with van der Waals surface area (Å²) >= 11 is 0. The van der Waals surface area contributed by atoms with E-state index < -0.39 is 6.10 Å². The van der Waals surface area contributed by atoms with Crippen LogP contribution in [0.2, 0.25) is 0 Å². The van der Waals surface area contributed by atoms with Crippen LogP contribution in [0.25, 0.3) is 0 Å². The fourth-order valence-corrected chi connectivity index (χ4v) is 2.73. The molecule has 1 heterocycles. The summed E-state index contributed by atoms with van der Waals surface area (Å²) in [7, 11) is 0. The Kier molecular flexibility index (Phi) is 5.38. The highest BCUT2D eigenvalue weighted by molar-refractivity contribution is 5.55. The molecule has 1 aromatic carbocycles. The summed E-state index contributed by atoms with van der Waals surface area (Å²) in [6.45, 7) is 6.30. The molecule has 0 amide bonds. The van der Waals surface area contributed by atoms with Gasteiger partial charge in [0.15, 0.2) is 0 Å². The Morgan fingerprint density at radius 2 is 2.30 bits per heavy atom. The lowest BCUT2D eigenvalue weighted by molar-refractivity contribution is 0.0439. The molecule has 1 aromatic rings. The molecule has 1 aliphatic heterocycles. The monoisotopic (exact) mass is 281 g/mol. The van der Waals surface area contributed by atoms with Crippen molar-refractivity contribution in [2.24, 2.45) is 0 Å². The number of aliphatic hydroxyl groups excluding tert-OH is 1. The molecule has 112 valence electrons. The summed E-state index contributed by atoms with van der Waals surface area (Å²) in [6.07, 6.45) is 2.71. The number of piperidine rings is 1. The third-order valence-corrected chi connectivity index (χ3v) is 3.72. The first-order valence-corrected chi connectivity index (χ1v) is 7.46. The van der Waals surface area contributed by atoms with E-state index >= 15 is 0 Å². The predicted molar refractivity (Wildman–Crippen MR) is 78.5 cm³/mol. The molecule has 1 saturated heterocycles. The molecule has 0 saturated carbocycles. The van der Waals surface area contributed by atoms with Crippen LogP contribution in [0.1, 0.15) is 44.8 Å². The zero-order chi connectivity index (χ0) is 14.5. The van der Waals surface area contributed by atoms with Crippen molar-refractivity contribution in [2.45, 2.75) is 45.3 Å². The lowest BCUT2D eigenvalue weighted by Gasteiger charge is -2.35. The molecule has 4 heteroatoms. The summed E-state index contributed by atoms with van der Waals surface area (Å²) in [5.41, 5.74) is 1.58. The van der Waals surface area contributed by atoms with E-state index in [0.29, 0.717) is 5.56 Å². The molecule has 1 fully saturated rings. The molecule has 1 unspecified atom stereocenters. The number of hydrogen-bond acceptors (Lipinski definition) is 3. The highest BCUT2D eigenvalue weighted by Gasteiger charge is 2.23. The number of hydrogen-bond donors (Lipinski definition) is 1. The smallest absolute Gasteiger partial charge is 0.123 e. The van der Waals surface area contributed by atoms with Crippen molar-refractivity contribution in [1.82, 2.24) is 0 Å². The van der Waals surface area contributed by atoms with Crippen LogP contribution >= 0.6 is 0 Å². The molecule has 0 aliphatic carbocycles. The minimum atomic E-state index is -0.669. The summed E-state index contributed by atoms with van der Waals surface area (Å²) in [6, 6.07) is 4.65. The Labute approximate surface area is 120 Å². The Balaban J connectivity index is 2.14. The molecular formula is C16H24FNO2. The first-order chi connectivity index (χ1) is 9.61. The lowest BCUT2D eigenvalue weighted by atomic mass is 10.0. The summed E-state index contributed by atoms with van der Waals surface area (Å²) in [4.78, 5) is 2.20. The largest absolute Gasteiger partial charge is 0.389 e. The normalized spacial score (nSPS) is 21.0. The quantitative estimate of drug-likeness (QED) is 0.899. The number of anilines is 1. The minimum Gasteiger partial charge on any atom is -0.389 e. The van der Waals surface area contributed by atoms with E-state index in [4.69, 9.17) is 4.74 Å². The van der Waals surface area contributed by atoms with E-state index in [9.17, 15) is 9.50 Å². The van der Waals surface area contributed by atoms with E-state index in [1.807, 2.05) is 0 Å². The van der Waals surface area contributed by atoms with Gasteiger partial charge >= 0.3 is 0 Å². The molecule has 2 atom stereocenters. The van der Waals surface area contributed by atoms with Gasteiger partial charge in [0.25, 0.3) is 0 Å². The van der Waals surface area contributed by atoms with E-state index in [1.54, 1.807) is 13.0 Å². The second kappa shape index (κ2) is 7.04. The highest BCUT2D eigenvalue weighted by atomic mass is 19.1. The van der Waals surface area contributed by atoms with Crippen molar-refractivity contribution >= 4 is 5.69 Å². The van der Waals surface area contributed by atoms with Crippen molar-refractivity contribution in [1.29, 1.82) is 0 Å². The third kappa shape index (κ3) is 3.70. The van der Waals surface area contributed by atoms with Gasteiger partial charge in [0, 0.05) is 30.9 Å². The van der Waals surface area contributed by atoms with Gasteiger partial charge in [0.05, 0.1) is 12.2 Å². The first kappa shape index (κ1) is 15.3. The van der Waals surface area contributed by atoms with Gasteiger partial charge in [0.2, 0.25) is 0 Å². The average Bonchev–Trinajstić information content (AvgIpc) is 2.45. The van der Waals surface area contributed by atoms with E-state index in [0.717, 1.165) is 44.6 Å². The van der Waals surface area contributed by atoms with Gasteiger partial charge < -0.3 is 14.7 Å². The van der Waals surface area contributed by atoms with Crippen LogP contribution in [-0.4, -0.2) is 30.9 Å². The number of rotatable bonds is 5. The van der Waals surface area contributed by atoms with Crippen LogP contribution in [0.3, 0.4) is 0 Å². The van der Waals surface area contributed by atoms with Gasteiger partial charge in [-0.3, -0.25) is 0 Å². The van der Waals surface area contributed by atoms with Crippen molar-refractivity contribution in [3.05, 3.63) is 29.6 Å². The molecular weight excluding hydrogens is 257 g/mol. The minimum absolute atomic E-state index is 0.232. The second-order valence-corrected chi connectivity index (χ2v) is 5.46. The molecule has 0 aromatic heterocycles. The van der Waals surface area contributed by atoms with E-state index in [-0.39, 0.29) is 11.9 Å². The molecule has 0 bridgehead atoms. The zero-order valence-corrected chi connectivity index (χ0v) is 12.3. The Hall–Kier alpha value is -1.13. The Bertz CT molecular complexity index is 436. The maximum atomic E-state index is 13.4. The second-order valence-electron chi connectivity index (χ2n) is 5.46. The van der Waals surface area contributed by atoms with Crippen molar-refractivity contribution in [3.8, 4) is 0 Å². The Morgan fingerprint density at radius 1 is 1.50 bits per heavy atom. The zero-order valence-electron chi connectivity index (χ0n) is 12.3. The summed E-state index contributed by atoms with van der Waals surface area (Å²) < 4.78 is 19.2. The van der Waals surface area contributed by atoms with Gasteiger partial charge in [0.1, 0.15) is 5.82 Å². The molecule has 1 aliphatic rings. The first-order valence-electron chi connectivity index (χ1n) is 7.46. The topological polar surface area (TPSA) is 32.7 Å².